The van der Waals surface area contributed by atoms with Crippen LogP contribution < -0.4 is 16.4 Å². The fraction of sp³-hybridized carbons (Fsp3) is 0.444. The third-order valence-electron chi connectivity index (χ3n) is 8.58. The predicted octanol–water partition coefficient (Wildman–Crippen LogP) is 5.29. The number of carbonyl (C=O) groups excluding carboxylic acids is 2. The van der Waals surface area contributed by atoms with E-state index < -0.39 is 6.29 Å². The predicted molar refractivity (Wildman–Crippen MR) is 178 cm³/mol. The number of benzene rings is 3. The van der Waals surface area contributed by atoms with E-state index >= 15 is 0 Å². The lowest BCUT2D eigenvalue weighted by Gasteiger charge is -2.37. The van der Waals surface area contributed by atoms with E-state index in [2.05, 4.69) is 15.5 Å². The fourth-order valence-corrected chi connectivity index (χ4v) is 5.99. The highest BCUT2D eigenvalue weighted by Gasteiger charge is 2.34. The van der Waals surface area contributed by atoms with Crippen molar-refractivity contribution in [2.45, 2.75) is 82.6 Å². The van der Waals surface area contributed by atoms with Gasteiger partial charge in [-0.05, 0) is 54.7 Å². The molecular formula is C36H46N4O6. The van der Waals surface area contributed by atoms with E-state index in [0.717, 1.165) is 55.3 Å². The molecule has 6 N–H and O–H groups in total. The molecule has 2 fully saturated rings. The van der Waals surface area contributed by atoms with Gasteiger partial charge in [0.25, 0.3) is 0 Å². The molecule has 2 aliphatic rings. The number of nitrogens with one attached hydrogen (secondary N) is 2. The summed E-state index contributed by atoms with van der Waals surface area (Å²) < 4.78 is 12.9. The maximum absolute atomic E-state index is 12.6. The monoisotopic (exact) mass is 630 g/mol. The van der Waals surface area contributed by atoms with E-state index in [4.69, 9.17) is 15.2 Å². The summed E-state index contributed by atoms with van der Waals surface area (Å²) in [4.78, 5) is 27.0. The minimum atomic E-state index is -0.578. The lowest BCUT2D eigenvalue weighted by atomic mass is 9.99. The minimum Gasteiger partial charge on any atom is -0.397 e. The van der Waals surface area contributed by atoms with Gasteiger partial charge >= 0.3 is 0 Å². The Labute approximate surface area is 270 Å². The smallest absolute Gasteiger partial charge is 0.224 e. The quantitative estimate of drug-likeness (QED) is 0.119. The molecule has 4 atom stereocenters. The highest BCUT2D eigenvalue weighted by Crippen LogP contribution is 2.38. The number of amides is 2. The first-order valence-corrected chi connectivity index (χ1v) is 16.3. The van der Waals surface area contributed by atoms with E-state index in [1.54, 1.807) is 12.1 Å². The number of likely N-dealkylation sites (tertiary alicyclic amines) is 1. The van der Waals surface area contributed by atoms with Crippen molar-refractivity contribution in [3.63, 3.8) is 0 Å². The van der Waals surface area contributed by atoms with Gasteiger partial charge in [0.2, 0.25) is 11.8 Å². The van der Waals surface area contributed by atoms with Gasteiger partial charge in [0.1, 0.15) is 0 Å². The largest absolute Gasteiger partial charge is 0.397 e. The van der Waals surface area contributed by atoms with Crippen LogP contribution in [-0.4, -0.2) is 58.8 Å². The van der Waals surface area contributed by atoms with Crippen LogP contribution in [0.4, 0.5) is 17.1 Å². The fourth-order valence-electron chi connectivity index (χ4n) is 5.99. The molecule has 0 saturated carbocycles. The second-order valence-corrected chi connectivity index (χ2v) is 12.3. The number of aliphatic hydroxyl groups excluding tert-OH is 2. The molecule has 2 heterocycles. The van der Waals surface area contributed by atoms with Crippen molar-refractivity contribution in [1.82, 2.24) is 4.90 Å². The maximum Gasteiger partial charge on any atom is 0.224 e. The standard InChI is InChI=1S/C36H46N4O6/c37-31-7-5-6-8-32(31)39-35(44)10-4-2-1-3-9-34(43)38-28-17-15-27(16-18-28)36-45-30(23-40-20-19-29(42)22-40)21-33(46-36)26-13-11-25(24-41)12-14-26/h5-8,11-18,29-30,33,36,41-42H,1-4,9-10,19-24,37H2,(H,38,43)(H,39,44)/t29-,30+,33-,36-/m0/s1. The zero-order chi connectivity index (χ0) is 32.3. The lowest BCUT2D eigenvalue weighted by molar-refractivity contribution is -0.252. The molecule has 2 aliphatic heterocycles. The summed E-state index contributed by atoms with van der Waals surface area (Å²) in [6, 6.07) is 22.6. The number of nitrogens with two attached hydrogens (primary N) is 1. The van der Waals surface area contributed by atoms with Crippen LogP contribution in [-0.2, 0) is 25.7 Å². The molecule has 3 aromatic rings. The molecule has 2 saturated heterocycles. The summed E-state index contributed by atoms with van der Waals surface area (Å²) in [7, 11) is 0. The molecule has 0 aromatic heterocycles. The van der Waals surface area contributed by atoms with Crippen LogP contribution >= 0.6 is 0 Å². The Morgan fingerprint density at radius 2 is 1.52 bits per heavy atom. The first kappa shape index (κ1) is 33.6. The Balaban J connectivity index is 1.07. The van der Waals surface area contributed by atoms with Crippen molar-refractivity contribution in [2.24, 2.45) is 0 Å². The van der Waals surface area contributed by atoms with Crippen LogP contribution in [0.2, 0.25) is 0 Å². The van der Waals surface area contributed by atoms with Crippen LogP contribution in [0.15, 0.2) is 72.8 Å². The molecule has 10 nitrogen and oxygen atoms in total. The molecular weight excluding hydrogens is 584 g/mol. The van der Waals surface area contributed by atoms with Gasteiger partial charge in [0, 0.05) is 50.1 Å². The van der Waals surface area contributed by atoms with Crippen molar-refractivity contribution >= 4 is 28.9 Å². The molecule has 0 aliphatic carbocycles. The summed E-state index contributed by atoms with van der Waals surface area (Å²) in [6.07, 6.45) is 4.39. The zero-order valence-corrected chi connectivity index (χ0v) is 26.3. The van der Waals surface area contributed by atoms with Gasteiger partial charge in [-0.1, -0.05) is 61.4 Å². The van der Waals surface area contributed by atoms with Gasteiger partial charge in [0.05, 0.1) is 36.3 Å². The van der Waals surface area contributed by atoms with Crippen LogP contribution in [0, 0.1) is 0 Å². The topological polar surface area (TPSA) is 146 Å². The molecule has 10 heteroatoms. The van der Waals surface area contributed by atoms with Crippen molar-refractivity contribution in [3.8, 4) is 0 Å². The number of nitrogens with zero attached hydrogens (tertiary/aromatic N) is 1. The Morgan fingerprint density at radius 1 is 0.848 bits per heavy atom. The van der Waals surface area contributed by atoms with Gasteiger partial charge in [-0.3, -0.25) is 14.5 Å². The number of carbonyl (C=O) groups is 2. The number of β-amino-alcohol motifs (C(OH)–C–C–N with tert-alkyl or cyclic N) is 1. The lowest BCUT2D eigenvalue weighted by Crippen LogP contribution is -2.38. The second kappa shape index (κ2) is 16.7. The minimum absolute atomic E-state index is 0.00740. The Bertz CT molecular complexity index is 1420. The highest BCUT2D eigenvalue weighted by atomic mass is 16.7. The average Bonchev–Trinajstić information content (AvgIpc) is 3.48. The third-order valence-corrected chi connectivity index (χ3v) is 8.58. The Kier molecular flexibility index (Phi) is 12.2. The molecule has 3 aromatic carbocycles. The second-order valence-electron chi connectivity index (χ2n) is 12.3. The van der Waals surface area contributed by atoms with Crippen LogP contribution in [0.3, 0.4) is 0 Å². The van der Waals surface area contributed by atoms with Crippen molar-refractivity contribution in [3.05, 3.63) is 89.5 Å². The average molecular weight is 631 g/mol. The van der Waals surface area contributed by atoms with Gasteiger partial charge < -0.3 is 36.1 Å². The molecule has 246 valence electrons. The van der Waals surface area contributed by atoms with Crippen LogP contribution in [0.5, 0.6) is 0 Å². The first-order valence-electron chi connectivity index (χ1n) is 16.3. The van der Waals surface area contributed by atoms with Crippen molar-refractivity contribution < 1.29 is 29.3 Å². The van der Waals surface area contributed by atoms with E-state index in [0.29, 0.717) is 49.4 Å². The number of hydrogen-bond donors (Lipinski definition) is 5. The Morgan fingerprint density at radius 3 is 2.17 bits per heavy atom. The summed E-state index contributed by atoms with van der Waals surface area (Å²) in [5, 5.41) is 25.3. The van der Waals surface area contributed by atoms with E-state index in [1.807, 2.05) is 60.7 Å². The summed E-state index contributed by atoms with van der Waals surface area (Å²) in [6.45, 7) is 2.20. The molecule has 0 unspecified atom stereocenters. The van der Waals surface area contributed by atoms with E-state index in [1.165, 1.54) is 0 Å². The Hall–Kier alpha value is -3.80. The van der Waals surface area contributed by atoms with Gasteiger partial charge in [-0.25, -0.2) is 0 Å². The SMILES string of the molecule is Nc1ccccc1NC(=O)CCCCCCC(=O)Nc1ccc([C@H]2O[C@@H](CN3CC[C@H](O)C3)C[C@@H](c3ccc(CO)cc3)O2)cc1. The summed E-state index contributed by atoms with van der Waals surface area (Å²) in [5.74, 6) is -0.105. The third kappa shape index (κ3) is 9.85. The number of anilines is 3. The number of aliphatic hydroxyl groups is 2. The van der Waals surface area contributed by atoms with E-state index in [9.17, 15) is 19.8 Å². The van der Waals surface area contributed by atoms with Crippen LogP contribution in [0.25, 0.3) is 0 Å². The van der Waals surface area contributed by atoms with Gasteiger partial charge in [-0.15, -0.1) is 0 Å². The number of rotatable bonds is 14. The number of hydrogen-bond acceptors (Lipinski definition) is 8. The highest BCUT2D eigenvalue weighted by molar-refractivity contribution is 5.93. The molecule has 0 bridgehead atoms. The van der Waals surface area contributed by atoms with Crippen LogP contribution in [0.1, 0.15) is 80.5 Å². The van der Waals surface area contributed by atoms with Gasteiger partial charge in [-0.2, -0.15) is 0 Å². The molecule has 0 radical (unpaired) electrons. The number of unbranched alkanes of at least 4 members (excludes halogenated alkanes) is 3. The number of nitrogen functional groups attached to an aromatic ring is 1. The zero-order valence-electron chi connectivity index (χ0n) is 26.3. The van der Waals surface area contributed by atoms with E-state index in [-0.39, 0.29) is 36.7 Å². The molecule has 2 amide bonds. The molecule has 46 heavy (non-hydrogen) atoms. The molecule has 0 spiro atoms. The summed E-state index contributed by atoms with van der Waals surface area (Å²) >= 11 is 0. The van der Waals surface area contributed by atoms with Gasteiger partial charge in [0.15, 0.2) is 6.29 Å². The summed E-state index contributed by atoms with van der Waals surface area (Å²) in [5.41, 5.74) is 10.5. The number of ether oxygens (including phenoxy) is 2. The first-order chi connectivity index (χ1) is 22.4. The van der Waals surface area contributed by atoms with Crippen molar-refractivity contribution in [1.29, 1.82) is 0 Å². The van der Waals surface area contributed by atoms with Crippen molar-refractivity contribution in [2.75, 3.05) is 36.0 Å². The molecule has 5 rings (SSSR count). The maximum atomic E-state index is 12.6. The normalized spacial score (nSPS) is 21.6. The number of para-hydroxylation sites is 2.